The molecule has 0 spiro atoms. The molecule has 2 rings (SSSR count). The highest BCUT2D eigenvalue weighted by atomic mass is 79.9. The summed E-state index contributed by atoms with van der Waals surface area (Å²) in [6.07, 6.45) is 1.59. The number of aryl methyl sites for hydroxylation is 2. The quantitative estimate of drug-likeness (QED) is 0.852. The molecule has 1 unspecified atom stereocenters. The van der Waals surface area contributed by atoms with Gasteiger partial charge in [0.15, 0.2) is 0 Å². The van der Waals surface area contributed by atoms with Crippen molar-refractivity contribution in [1.29, 1.82) is 0 Å². The lowest BCUT2D eigenvalue weighted by atomic mass is 9.95. The highest BCUT2D eigenvalue weighted by Gasteiger charge is 2.32. The van der Waals surface area contributed by atoms with E-state index < -0.39 is 0 Å². The molecule has 0 aromatic carbocycles. The van der Waals surface area contributed by atoms with E-state index in [9.17, 15) is 4.79 Å². The van der Waals surface area contributed by atoms with Crippen LogP contribution in [-0.4, -0.2) is 27.1 Å². The summed E-state index contributed by atoms with van der Waals surface area (Å²) >= 11 is 3.61. The SMILES string of the molecule is CCc1nn(C)c(CN2CC(C(C)C)CC2=O)c1Br. The van der Waals surface area contributed by atoms with Gasteiger partial charge in [-0.15, -0.1) is 0 Å². The van der Waals surface area contributed by atoms with Crippen LogP contribution in [0.5, 0.6) is 0 Å². The first-order valence-corrected chi connectivity index (χ1v) is 7.71. The minimum atomic E-state index is 0.268. The van der Waals surface area contributed by atoms with Crippen LogP contribution in [0, 0.1) is 11.8 Å². The van der Waals surface area contributed by atoms with Crippen LogP contribution in [-0.2, 0) is 24.8 Å². The van der Waals surface area contributed by atoms with Crippen LogP contribution in [0.25, 0.3) is 0 Å². The van der Waals surface area contributed by atoms with Gasteiger partial charge in [-0.3, -0.25) is 9.48 Å². The number of nitrogens with zero attached hydrogens (tertiary/aromatic N) is 3. The normalized spacial score (nSPS) is 19.8. The number of carbonyl (C=O) groups excluding carboxylic acids is 1. The molecule has 1 atom stereocenters. The average Bonchev–Trinajstić information content (AvgIpc) is 2.85. The number of halogens is 1. The second-order valence-electron chi connectivity index (χ2n) is 5.67. The lowest BCUT2D eigenvalue weighted by molar-refractivity contribution is -0.128. The van der Waals surface area contributed by atoms with E-state index in [4.69, 9.17) is 0 Å². The molecule has 1 aliphatic rings. The van der Waals surface area contributed by atoms with Crippen molar-refractivity contribution in [3.8, 4) is 0 Å². The van der Waals surface area contributed by atoms with Crippen molar-refractivity contribution in [3.05, 3.63) is 15.9 Å². The predicted molar refractivity (Wildman–Crippen MR) is 78.6 cm³/mol. The predicted octanol–water partition coefficient (Wildman–Crippen LogP) is 2.75. The van der Waals surface area contributed by atoms with Crippen molar-refractivity contribution in [2.45, 2.75) is 40.2 Å². The third-order valence-electron chi connectivity index (χ3n) is 4.03. The molecule has 5 heteroatoms. The monoisotopic (exact) mass is 327 g/mol. The van der Waals surface area contributed by atoms with Gasteiger partial charge in [-0.2, -0.15) is 5.10 Å². The van der Waals surface area contributed by atoms with E-state index >= 15 is 0 Å². The van der Waals surface area contributed by atoms with Crippen LogP contribution in [0.15, 0.2) is 4.47 Å². The number of rotatable bonds is 4. The number of aromatic nitrogens is 2. The maximum Gasteiger partial charge on any atom is 0.223 e. The number of likely N-dealkylation sites (tertiary alicyclic amines) is 1. The molecule has 1 aromatic rings. The van der Waals surface area contributed by atoms with Gasteiger partial charge in [0.25, 0.3) is 0 Å². The van der Waals surface area contributed by atoms with Crippen molar-refractivity contribution in [3.63, 3.8) is 0 Å². The fourth-order valence-electron chi connectivity index (χ4n) is 2.57. The zero-order valence-corrected chi connectivity index (χ0v) is 13.7. The molecule has 0 radical (unpaired) electrons. The topological polar surface area (TPSA) is 38.1 Å². The first-order chi connectivity index (χ1) is 8.93. The Morgan fingerprint density at radius 1 is 1.47 bits per heavy atom. The molecule has 1 amide bonds. The molecule has 1 aliphatic heterocycles. The zero-order chi connectivity index (χ0) is 14.2. The number of carbonyl (C=O) groups is 1. The Kier molecular flexibility index (Phi) is 4.33. The number of amides is 1. The largest absolute Gasteiger partial charge is 0.336 e. The summed E-state index contributed by atoms with van der Waals surface area (Å²) in [6, 6.07) is 0. The number of hydrogen-bond donors (Lipinski definition) is 0. The molecule has 1 fully saturated rings. The lowest BCUT2D eigenvalue weighted by Gasteiger charge is -2.18. The molecule has 0 bridgehead atoms. The standard InChI is InChI=1S/C14H22BrN3O/c1-5-11-14(15)12(17(4)16-11)8-18-7-10(9(2)3)6-13(18)19/h9-10H,5-8H2,1-4H3. The fraction of sp³-hybridized carbons (Fsp3) is 0.714. The second kappa shape index (κ2) is 5.65. The molecule has 0 aliphatic carbocycles. The van der Waals surface area contributed by atoms with Crippen molar-refractivity contribution >= 4 is 21.8 Å². The van der Waals surface area contributed by atoms with Crippen molar-refractivity contribution in [2.24, 2.45) is 18.9 Å². The number of hydrogen-bond acceptors (Lipinski definition) is 2. The molecule has 19 heavy (non-hydrogen) atoms. The van der Waals surface area contributed by atoms with E-state index in [0.29, 0.717) is 24.8 Å². The van der Waals surface area contributed by atoms with Crippen LogP contribution < -0.4 is 0 Å². The second-order valence-corrected chi connectivity index (χ2v) is 6.46. The van der Waals surface area contributed by atoms with Gasteiger partial charge >= 0.3 is 0 Å². The van der Waals surface area contributed by atoms with E-state index in [-0.39, 0.29) is 5.91 Å². The Balaban J connectivity index is 2.14. The minimum absolute atomic E-state index is 0.268. The van der Waals surface area contributed by atoms with E-state index in [2.05, 4.69) is 41.8 Å². The smallest absolute Gasteiger partial charge is 0.223 e. The van der Waals surface area contributed by atoms with E-state index in [1.54, 1.807) is 0 Å². The van der Waals surface area contributed by atoms with Crippen molar-refractivity contribution < 1.29 is 4.79 Å². The van der Waals surface area contributed by atoms with Crippen LogP contribution in [0.3, 0.4) is 0 Å². The van der Waals surface area contributed by atoms with Crippen LogP contribution in [0.4, 0.5) is 0 Å². The molecular weight excluding hydrogens is 306 g/mol. The Morgan fingerprint density at radius 3 is 2.63 bits per heavy atom. The van der Waals surface area contributed by atoms with Gasteiger partial charge in [0.1, 0.15) is 0 Å². The Labute approximate surface area is 123 Å². The lowest BCUT2D eigenvalue weighted by Crippen LogP contribution is -2.26. The van der Waals surface area contributed by atoms with Gasteiger partial charge in [0.2, 0.25) is 5.91 Å². The highest BCUT2D eigenvalue weighted by Crippen LogP contribution is 2.28. The highest BCUT2D eigenvalue weighted by molar-refractivity contribution is 9.10. The first kappa shape index (κ1) is 14.6. The molecule has 106 valence electrons. The van der Waals surface area contributed by atoms with Gasteiger partial charge in [-0.25, -0.2) is 0 Å². The summed E-state index contributed by atoms with van der Waals surface area (Å²) in [5, 5.41) is 4.48. The van der Waals surface area contributed by atoms with E-state index in [1.165, 1.54) is 0 Å². The maximum atomic E-state index is 12.1. The molecule has 2 heterocycles. The van der Waals surface area contributed by atoms with Gasteiger partial charge in [0.05, 0.1) is 22.4 Å². The van der Waals surface area contributed by atoms with Crippen LogP contribution >= 0.6 is 15.9 Å². The summed E-state index contributed by atoms with van der Waals surface area (Å²) in [5.74, 6) is 1.32. The Bertz CT molecular complexity index is 481. The molecule has 1 saturated heterocycles. The van der Waals surface area contributed by atoms with E-state index in [0.717, 1.165) is 28.8 Å². The summed E-state index contributed by atoms with van der Waals surface area (Å²) < 4.78 is 2.94. The molecule has 4 nitrogen and oxygen atoms in total. The Morgan fingerprint density at radius 2 is 2.16 bits per heavy atom. The molecule has 1 aromatic heterocycles. The average molecular weight is 328 g/mol. The van der Waals surface area contributed by atoms with Crippen LogP contribution in [0.1, 0.15) is 38.6 Å². The molecular formula is C14H22BrN3O. The third kappa shape index (κ3) is 2.86. The Hall–Kier alpha value is -0.840. The maximum absolute atomic E-state index is 12.1. The summed E-state index contributed by atoms with van der Waals surface area (Å²) in [5.41, 5.74) is 2.15. The fourth-order valence-corrected chi connectivity index (χ4v) is 3.32. The molecule has 0 saturated carbocycles. The third-order valence-corrected chi connectivity index (χ3v) is 4.95. The van der Waals surface area contributed by atoms with Crippen LogP contribution in [0.2, 0.25) is 0 Å². The molecule has 0 N–H and O–H groups in total. The first-order valence-electron chi connectivity index (χ1n) is 6.92. The summed E-state index contributed by atoms with van der Waals surface area (Å²) in [7, 11) is 1.94. The van der Waals surface area contributed by atoms with Gasteiger partial charge in [-0.05, 0) is 34.2 Å². The van der Waals surface area contributed by atoms with E-state index in [1.807, 2.05) is 16.6 Å². The minimum Gasteiger partial charge on any atom is -0.336 e. The van der Waals surface area contributed by atoms with Gasteiger partial charge < -0.3 is 4.90 Å². The van der Waals surface area contributed by atoms with Gasteiger partial charge in [0, 0.05) is 20.0 Å². The van der Waals surface area contributed by atoms with Gasteiger partial charge in [-0.1, -0.05) is 20.8 Å². The van der Waals surface area contributed by atoms with Crippen molar-refractivity contribution in [2.75, 3.05) is 6.54 Å². The summed E-state index contributed by atoms with van der Waals surface area (Å²) in [6.45, 7) is 8.00. The zero-order valence-electron chi connectivity index (χ0n) is 12.1. The van der Waals surface area contributed by atoms with Crippen molar-refractivity contribution in [1.82, 2.24) is 14.7 Å². The summed E-state index contributed by atoms with van der Waals surface area (Å²) in [4.78, 5) is 14.0.